The minimum atomic E-state index is -4.73. The molecule has 146 valence electrons. The van der Waals surface area contributed by atoms with E-state index in [0.29, 0.717) is 12.1 Å². The van der Waals surface area contributed by atoms with E-state index in [9.17, 15) is 18.3 Å². The molecule has 4 nitrogen and oxygen atoms in total. The molecule has 0 bridgehead atoms. The van der Waals surface area contributed by atoms with Crippen molar-refractivity contribution in [2.24, 2.45) is 0 Å². The van der Waals surface area contributed by atoms with E-state index >= 15 is 0 Å². The molecule has 27 heavy (non-hydrogen) atoms. The number of aliphatic hydroxyl groups excluding tert-OH is 1. The van der Waals surface area contributed by atoms with E-state index in [0.717, 1.165) is 10.9 Å². The Kier molecular flexibility index (Phi) is 6.75. The molecule has 0 aliphatic heterocycles. The van der Waals surface area contributed by atoms with Crippen molar-refractivity contribution in [2.75, 3.05) is 13.6 Å². The Morgan fingerprint density at radius 1 is 1.07 bits per heavy atom. The second-order valence-corrected chi connectivity index (χ2v) is 5.97. The van der Waals surface area contributed by atoms with Gasteiger partial charge in [0, 0.05) is 18.3 Å². The highest BCUT2D eigenvalue weighted by Gasteiger charge is 2.31. The highest BCUT2D eigenvalue weighted by atomic mass is 35.5. The monoisotopic (exact) mass is 400 g/mol. The van der Waals surface area contributed by atoms with Gasteiger partial charge in [-0.1, -0.05) is 30.3 Å². The number of benzene rings is 2. The molecule has 0 aliphatic carbocycles. The topological polar surface area (TPSA) is 46.4 Å². The number of hydrogen-bond acceptors (Lipinski definition) is 3. The molecule has 0 aliphatic rings. The summed E-state index contributed by atoms with van der Waals surface area (Å²) in [7, 11) is 1.73. The van der Waals surface area contributed by atoms with Crippen molar-refractivity contribution in [3.63, 3.8) is 0 Å². The van der Waals surface area contributed by atoms with Crippen LogP contribution in [-0.4, -0.2) is 35.7 Å². The minimum Gasteiger partial charge on any atom is -0.406 e. The van der Waals surface area contributed by atoms with Crippen molar-refractivity contribution >= 4 is 23.3 Å². The van der Waals surface area contributed by atoms with Crippen molar-refractivity contribution < 1.29 is 23.0 Å². The van der Waals surface area contributed by atoms with E-state index in [1.807, 2.05) is 41.1 Å². The second-order valence-electron chi connectivity index (χ2n) is 5.97. The lowest BCUT2D eigenvalue weighted by molar-refractivity contribution is -0.274. The molecule has 2 aromatic carbocycles. The smallest absolute Gasteiger partial charge is 0.406 e. The van der Waals surface area contributed by atoms with Crippen LogP contribution in [0.25, 0.3) is 10.9 Å². The van der Waals surface area contributed by atoms with E-state index in [1.165, 1.54) is 12.1 Å². The zero-order valence-electron chi connectivity index (χ0n) is 14.5. The normalized spacial score (nSPS) is 13.8. The molecule has 0 fully saturated rings. The standard InChI is InChI=1S/C19H19F3N2O2.ClH/c1-23-12-17(25)18(24-11-10-13-4-2-3-5-16(13)24)14-6-8-15(9-7-14)26-19(20,21)22;/h2-11,17-18,23,25H,12H2,1H3;1H. The van der Waals surface area contributed by atoms with Gasteiger partial charge in [-0.05, 0) is 42.3 Å². The number of hydrogen-bond donors (Lipinski definition) is 2. The number of para-hydroxylation sites is 1. The van der Waals surface area contributed by atoms with Gasteiger partial charge in [-0.2, -0.15) is 0 Å². The van der Waals surface area contributed by atoms with Gasteiger partial charge in [0.1, 0.15) is 5.75 Å². The van der Waals surface area contributed by atoms with Gasteiger partial charge in [-0.15, -0.1) is 25.6 Å². The number of nitrogens with one attached hydrogen (secondary N) is 1. The number of aromatic nitrogens is 1. The Bertz CT molecular complexity index is 865. The molecular weight excluding hydrogens is 381 g/mol. The van der Waals surface area contributed by atoms with E-state index in [4.69, 9.17) is 0 Å². The first-order chi connectivity index (χ1) is 12.4. The number of halogens is 4. The molecule has 8 heteroatoms. The lowest BCUT2D eigenvalue weighted by Crippen LogP contribution is -2.33. The Morgan fingerprint density at radius 3 is 2.37 bits per heavy atom. The summed E-state index contributed by atoms with van der Waals surface area (Å²) >= 11 is 0. The van der Waals surface area contributed by atoms with Gasteiger partial charge in [0.05, 0.1) is 12.1 Å². The fraction of sp³-hybridized carbons (Fsp3) is 0.263. The third kappa shape index (κ3) is 4.94. The fourth-order valence-corrected chi connectivity index (χ4v) is 3.10. The van der Waals surface area contributed by atoms with E-state index in [2.05, 4.69) is 10.1 Å². The van der Waals surface area contributed by atoms with Crippen molar-refractivity contribution in [1.29, 1.82) is 0 Å². The maximum absolute atomic E-state index is 12.4. The maximum atomic E-state index is 12.4. The van der Waals surface area contributed by atoms with E-state index < -0.39 is 18.5 Å². The summed E-state index contributed by atoms with van der Waals surface area (Å²) in [4.78, 5) is 0. The van der Waals surface area contributed by atoms with Crippen molar-refractivity contribution in [3.8, 4) is 5.75 Å². The Hall–Kier alpha value is -2.22. The summed E-state index contributed by atoms with van der Waals surface area (Å²) in [5.41, 5.74) is 1.62. The Morgan fingerprint density at radius 2 is 1.74 bits per heavy atom. The zero-order chi connectivity index (χ0) is 18.7. The van der Waals surface area contributed by atoms with Gasteiger partial charge in [0.25, 0.3) is 0 Å². The number of rotatable bonds is 6. The molecule has 1 aromatic heterocycles. The van der Waals surface area contributed by atoms with Crippen LogP contribution in [-0.2, 0) is 0 Å². The predicted molar refractivity (Wildman–Crippen MR) is 100 cm³/mol. The van der Waals surface area contributed by atoms with Gasteiger partial charge in [-0.25, -0.2) is 0 Å². The summed E-state index contributed by atoms with van der Waals surface area (Å²) in [5, 5.41) is 14.6. The van der Waals surface area contributed by atoms with Crippen LogP contribution in [0.1, 0.15) is 11.6 Å². The predicted octanol–water partition coefficient (Wildman–Crippen LogP) is 4.13. The Labute approximate surface area is 161 Å². The highest BCUT2D eigenvalue weighted by molar-refractivity contribution is 5.85. The number of ether oxygens (including phenoxy) is 1. The first-order valence-corrected chi connectivity index (χ1v) is 8.13. The van der Waals surface area contributed by atoms with E-state index in [1.54, 1.807) is 19.2 Å². The average molecular weight is 401 g/mol. The zero-order valence-corrected chi connectivity index (χ0v) is 15.3. The molecule has 1 heterocycles. The molecule has 2 unspecified atom stereocenters. The Balaban J connectivity index is 0.00000261. The molecule has 3 aromatic rings. The summed E-state index contributed by atoms with van der Waals surface area (Å²) < 4.78 is 42.9. The lowest BCUT2D eigenvalue weighted by atomic mass is 10.0. The van der Waals surface area contributed by atoms with Crippen LogP contribution < -0.4 is 10.1 Å². The van der Waals surface area contributed by atoms with Crippen LogP contribution in [0.4, 0.5) is 13.2 Å². The summed E-state index contributed by atoms with van der Waals surface area (Å²) in [6.45, 7) is 0.331. The largest absolute Gasteiger partial charge is 0.573 e. The lowest BCUT2D eigenvalue weighted by Gasteiger charge is -2.26. The third-order valence-electron chi connectivity index (χ3n) is 4.16. The first kappa shape index (κ1) is 21.1. The first-order valence-electron chi connectivity index (χ1n) is 8.13. The van der Waals surface area contributed by atoms with Crippen molar-refractivity contribution in [3.05, 3.63) is 66.4 Å². The molecule has 2 N–H and O–H groups in total. The molecule has 0 saturated carbocycles. The molecular formula is C19H20ClF3N2O2. The summed E-state index contributed by atoms with van der Waals surface area (Å²) in [6, 6.07) is 14.8. The van der Waals surface area contributed by atoms with Gasteiger partial charge >= 0.3 is 6.36 Å². The van der Waals surface area contributed by atoms with Crippen molar-refractivity contribution in [2.45, 2.75) is 18.5 Å². The molecule has 0 saturated heterocycles. The SMILES string of the molecule is CNCC(O)C(c1ccc(OC(F)(F)F)cc1)n1ccc2ccccc21.Cl. The second kappa shape index (κ2) is 8.65. The number of alkyl halides is 3. The van der Waals surface area contributed by atoms with Gasteiger partial charge in [0.15, 0.2) is 0 Å². The van der Waals surface area contributed by atoms with Crippen LogP contribution in [0.5, 0.6) is 5.75 Å². The number of likely N-dealkylation sites (N-methyl/N-ethyl adjacent to an activating group) is 1. The fourth-order valence-electron chi connectivity index (χ4n) is 3.10. The number of nitrogens with zero attached hydrogens (tertiary/aromatic N) is 1. The highest BCUT2D eigenvalue weighted by Crippen LogP contribution is 2.30. The molecule has 0 spiro atoms. The van der Waals surface area contributed by atoms with Crippen LogP contribution in [0.3, 0.4) is 0 Å². The van der Waals surface area contributed by atoms with E-state index in [-0.39, 0.29) is 18.2 Å². The van der Waals surface area contributed by atoms with Gasteiger partial charge in [-0.3, -0.25) is 0 Å². The molecule has 3 rings (SSSR count). The van der Waals surface area contributed by atoms with Crippen LogP contribution in [0.15, 0.2) is 60.8 Å². The van der Waals surface area contributed by atoms with Gasteiger partial charge < -0.3 is 19.7 Å². The summed E-state index contributed by atoms with van der Waals surface area (Å²) in [5.74, 6) is -0.291. The molecule has 2 atom stereocenters. The minimum absolute atomic E-state index is 0. The number of fused-ring (bicyclic) bond motifs is 1. The van der Waals surface area contributed by atoms with Gasteiger partial charge in [0.2, 0.25) is 0 Å². The number of aliphatic hydroxyl groups is 1. The third-order valence-corrected chi connectivity index (χ3v) is 4.16. The van der Waals surface area contributed by atoms with Crippen LogP contribution >= 0.6 is 12.4 Å². The average Bonchev–Trinajstić information content (AvgIpc) is 3.00. The molecule has 0 amide bonds. The van der Waals surface area contributed by atoms with Crippen molar-refractivity contribution in [1.82, 2.24) is 9.88 Å². The molecule has 0 radical (unpaired) electrons. The van der Waals surface area contributed by atoms with Crippen LogP contribution in [0.2, 0.25) is 0 Å². The van der Waals surface area contributed by atoms with Crippen LogP contribution in [0, 0.1) is 0 Å². The quantitative estimate of drug-likeness (QED) is 0.654. The summed E-state index contributed by atoms with van der Waals surface area (Å²) in [6.07, 6.45) is -3.64. The maximum Gasteiger partial charge on any atom is 0.573 e.